The van der Waals surface area contributed by atoms with Crippen LogP contribution in [0.15, 0.2) is 36.5 Å². The van der Waals surface area contributed by atoms with Gasteiger partial charge in [-0.15, -0.1) is 0 Å². The molecule has 0 aromatic carbocycles. The van der Waals surface area contributed by atoms with Crippen molar-refractivity contribution in [2.24, 2.45) is 0 Å². The van der Waals surface area contributed by atoms with E-state index in [1.54, 1.807) is 0 Å². The highest BCUT2D eigenvalue weighted by Crippen LogP contribution is 2.12. The van der Waals surface area contributed by atoms with Crippen LogP contribution in [0, 0.1) is 0 Å². The molecule has 0 rings (SSSR count). The van der Waals surface area contributed by atoms with Gasteiger partial charge < -0.3 is 14.6 Å². The van der Waals surface area contributed by atoms with Crippen molar-refractivity contribution >= 4 is 5.97 Å². The van der Waals surface area contributed by atoms with E-state index < -0.39 is 6.10 Å². The third-order valence-electron chi connectivity index (χ3n) is 7.23. The Morgan fingerprint density at radius 2 is 1.12 bits per heavy atom. The van der Waals surface area contributed by atoms with Crippen LogP contribution in [-0.2, 0) is 14.3 Å². The maximum atomic E-state index is 12.1. The lowest BCUT2D eigenvalue weighted by Gasteiger charge is -2.16. The summed E-state index contributed by atoms with van der Waals surface area (Å²) in [6.45, 7) is 5.22. The van der Waals surface area contributed by atoms with Crippen LogP contribution >= 0.6 is 0 Å². The first-order valence-electron chi connectivity index (χ1n) is 17.1. The summed E-state index contributed by atoms with van der Waals surface area (Å²) in [7, 11) is 0. The second kappa shape index (κ2) is 33.8. The number of carbonyl (C=O) groups excluding carboxylic acids is 1. The molecular formula is C36H66O4. The van der Waals surface area contributed by atoms with Gasteiger partial charge in [0.25, 0.3) is 0 Å². The molecule has 0 saturated heterocycles. The van der Waals surface area contributed by atoms with E-state index in [1.165, 1.54) is 103 Å². The largest absolute Gasteiger partial charge is 0.457 e. The van der Waals surface area contributed by atoms with E-state index >= 15 is 0 Å². The van der Waals surface area contributed by atoms with Gasteiger partial charge in [-0.05, 0) is 44.9 Å². The van der Waals surface area contributed by atoms with E-state index in [0.29, 0.717) is 19.6 Å². The highest BCUT2D eigenvalue weighted by Gasteiger charge is 2.13. The van der Waals surface area contributed by atoms with Crippen molar-refractivity contribution in [2.75, 3.05) is 19.8 Å². The molecule has 0 aliphatic heterocycles. The molecule has 1 N–H and O–H groups in total. The zero-order valence-corrected chi connectivity index (χ0v) is 26.6. The molecule has 0 aromatic rings. The number of esters is 1. The molecule has 0 aromatic heterocycles. The molecule has 4 heteroatoms. The first kappa shape index (κ1) is 38.6. The van der Waals surface area contributed by atoms with Crippen LogP contribution < -0.4 is 0 Å². The standard InChI is InChI=1S/C36H66O4/c1-3-5-7-9-11-13-15-16-17-18-19-20-21-23-25-27-29-31-36(38)40-35(33-37)34-39-32-30-28-26-24-22-14-12-10-8-6-4-2/h5,7,11,13,16-17,35,37H,3-4,6,8-10,12,14-15,18-34H2,1-2H3/b7-5-,13-11-,17-16-. The van der Waals surface area contributed by atoms with Gasteiger partial charge in [-0.25, -0.2) is 0 Å². The Bertz CT molecular complexity index is 596. The Kier molecular flexibility index (Phi) is 32.6. The van der Waals surface area contributed by atoms with Gasteiger partial charge in [0.05, 0.1) is 13.2 Å². The molecule has 0 spiro atoms. The quantitative estimate of drug-likeness (QED) is 0.0518. The van der Waals surface area contributed by atoms with E-state index in [1.807, 2.05) is 0 Å². The molecular weight excluding hydrogens is 496 g/mol. The zero-order chi connectivity index (χ0) is 29.2. The van der Waals surface area contributed by atoms with E-state index in [4.69, 9.17) is 9.47 Å². The molecule has 40 heavy (non-hydrogen) atoms. The first-order chi connectivity index (χ1) is 19.7. The molecule has 1 atom stereocenters. The topological polar surface area (TPSA) is 55.8 Å². The summed E-state index contributed by atoms with van der Waals surface area (Å²) in [5.41, 5.74) is 0. The molecule has 0 aliphatic rings. The lowest BCUT2D eigenvalue weighted by Crippen LogP contribution is -2.27. The Morgan fingerprint density at radius 1 is 0.625 bits per heavy atom. The van der Waals surface area contributed by atoms with Gasteiger partial charge in [0.1, 0.15) is 6.10 Å². The van der Waals surface area contributed by atoms with Crippen molar-refractivity contribution in [1.29, 1.82) is 0 Å². The smallest absolute Gasteiger partial charge is 0.306 e. The van der Waals surface area contributed by atoms with Gasteiger partial charge in [0.2, 0.25) is 0 Å². The Balaban J connectivity index is 3.47. The molecule has 0 fully saturated rings. The highest BCUT2D eigenvalue weighted by atomic mass is 16.6. The maximum absolute atomic E-state index is 12.1. The molecule has 0 aliphatic carbocycles. The zero-order valence-electron chi connectivity index (χ0n) is 26.6. The van der Waals surface area contributed by atoms with E-state index in [2.05, 4.69) is 50.3 Å². The second-order valence-corrected chi connectivity index (χ2v) is 11.2. The summed E-state index contributed by atoms with van der Waals surface area (Å²) in [5.74, 6) is -0.212. The minimum atomic E-state index is -0.534. The number of aliphatic hydroxyl groups excluding tert-OH is 1. The number of aliphatic hydroxyl groups is 1. The van der Waals surface area contributed by atoms with Gasteiger partial charge in [-0.3, -0.25) is 4.79 Å². The number of carbonyl (C=O) groups is 1. The van der Waals surface area contributed by atoms with E-state index in [0.717, 1.165) is 38.5 Å². The van der Waals surface area contributed by atoms with Gasteiger partial charge in [-0.2, -0.15) is 0 Å². The minimum absolute atomic E-state index is 0.174. The van der Waals surface area contributed by atoms with Crippen LogP contribution in [0.4, 0.5) is 0 Å². The maximum Gasteiger partial charge on any atom is 0.306 e. The van der Waals surface area contributed by atoms with Gasteiger partial charge >= 0.3 is 5.97 Å². The number of hydrogen-bond donors (Lipinski definition) is 1. The molecule has 4 nitrogen and oxygen atoms in total. The fraction of sp³-hybridized carbons (Fsp3) is 0.806. The van der Waals surface area contributed by atoms with Crippen molar-refractivity contribution in [3.05, 3.63) is 36.5 Å². The minimum Gasteiger partial charge on any atom is -0.457 e. The van der Waals surface area contributed by atoms with Crippen LogP contribution in [0.2, 0.25) is 0 Å². The van der Waals surface area contributed by atoms with Gasteiger partial charge in [0.15, 0.2) is 0 Å². The number of ether oxygens (including phenoxy) is 2. The average molecular weight is 563 g/mol. The van der Waals surface area contributed by atoms with Crippen LogP contribution in [0.5, 0.6) is 0 Å². The highest BCUT2D eigenvalue weighted by molar-refractivity contribution is 5.69. The lowest BCUT2D eigenvalue weighted by atomic mass is 10.1. The van der Waals surface area contributed by atoms with Crippen molar-refractivity contribution in [1.82, 2.24) is 0 Å². The van der Waals surface area contributed by atoms with Gasteiger partial charge in [-0.1, -0.05) is 147 Å². The van der Waals surface area contributed by atoms with Gasteiger partial charge in [0, 0.05) is 13.0 Å². The molecule has 0 bridgehead atoms. The fourth-order valence-electron chi connectivity index (χ4n) is 4.69. The van der Waals surface area contributed by atoms with E-state index in [-0.39, 0.29) is 12.6 Å². The SMILES string of the molecule is CC/C=C\C/C=C\C/C=C\CCCCCCCCCC(=O)OC(CO)COCCCCCCCCCCCCC. The molecule has 0 heterocycles. The normalized spacial score (nSPS) is 12.8. The number of rotatable bonds is 31. The summed E-state index contributed by atoms with van der Waals surface area (Å²) >= 11 is 0. The average Bonchev–Trinajstić information content (AvgIpc) is 2.96. The van der Waals surface area contributed by atoms with E-state index in [9.17, 15) is 9.90 Å². The summed E-state index contributed by atoms with van der Waals surface area (Å²) < 4.78 is 11.1. The fourth-order valence-corrected chi connectivity index (χ4v) is 4.69. The summed E-state index contributed by atoms with van der Waals surface area (Å²) in [6, 6.07) is 0. The van der Waals surface area contributed by atoms with Crippen LogP contribution in [0.25, 0.3) is 0 Å². The Labute approximate surface area is 249 Å². The van der Waals surface area contributed by atoms with Crippen LogP contribution in [-0.4, -0.2) is 37.0 Å². The number of unbranched alkanes of at least 4 members (excludes halogenated alkanes) is 17. The summed E-state index contributed by atoms with van der Waals surface area (Å²) in [5, 5.41) is 9.52. The Hall–Kier alpha value is -1.39. The van der Waals surface area contributed by atoms with Crippen molar-refractivity contribution < 1.29 is 19.4 Å². The first-order valence-corrected chi connectivity index (χ1v) is 17.1. The van der Waals surface area contributed by atoms with Crippen molar-refractivity contribution in [3.8, 4) is 0 Å². The van der Waals surface area contributed by atoms with Crippen molar-refractivity contribution in [2.45, 2.75) is 168 Å². The van der Waals surface area contributed by atoms with Crippen molar-refractivity contribution in [3.63, 3.8) is 0 Å². The molecule has 0 amide bonds. The van der Waals surface area contributed by atoms with Crippen LogP contribution in [0.1, 0.15) is 162 Å². The third kappa shape index (κ3) is 31.1. The van der Waals surface area contributed by atoms with Crippen LogP contribution in [0.3, 0.4) is 0 Å². The third-order valence-corrected chi connectivity index (χ3v) is 7.23. The summed E-state index contributed by atoms with van der Waals surface area (Å²) in [6.07, 6.45) is 40.3. The molecule has 0 saturated carbocycles. The molecule has 1 unspecified atom stereocenters. The molecule has 0 radical (unpaired) electrons. The number of hydrogen-bond acceptors (Lipinski definition) is 4. The predicted molar refractivity (Wildman–Crippen MR) is 173 cm³/mol. The molecule has 234 valence electrons. The predicted octanol–water partition coefficient (Wildman–Crippen LogP) is 10.6. The number of allylic oxidation sites excluding steroid dienone is 6. The Morgan fingerprint density at radius 3 is 1.70 bits per heavy atom. The summed E-state index contributed by atoms with van der Waals surface area (Å²) in [4.78, 5) is 12.1. The lowest BCUT2D eigenvalue weighted by molar-refractivity contribution is -0.154. The second-order valence-electron chi connectivity index (χ2n) is 11.2. The monoisotopic (exact) mass is 562 g/mol.